The van der Waals surface area contributed by atoms with Crippen molar-refractivity contribution in [3.8, 4) is 0 Å². The van der Waals surface area contributed by atoms with E-state index < -0.39 is 0 Å². The van der Waals surface area contributed by atoms with Crippen molar-refractivity contribution in [1.82, 2.24) is 10.2 Å². The van der Waals surface area contributed by atoms with Gasteiger partial charge in [-0.05, 0) is 53.1 Å². The molecule has 1 rings (SSSR count). The highest BCUT2D eigenvalue weighted by atomic mass is 16.5. The minimum absolute atomic E-state index is 0.388. The highest BCUT2D eigenvalue weighted by Crippen LogP contribution is 2.15. The highest BCUT2D eigenvalue weighted by molar-refractivity contribution is 4.77. The Morgan fingerprint density at radius 3 is 2.47 bits per heavy atom. The molecule has 0 aromatic carbocycles. The first-order valence-electron chi connectivity index (χ1n) is 7.23. The Balaban J connectivity index is 2.15. The van der Waals surface area contributed by atoms with Crippen LogP contribution in [0.2, 0.25) is 0 Å². The van der Waals surface area contributed by atoms with Crippen molar-refractivity contribution in [2.45, 2.75) is 65.2 Å². The summed E-state index contributed by atoms with van der Waals surface area (Å²) in [7, 11) is 0. The summed E-state index contributed by atoms with van der Waals surface area (Å²) in [4.78, 5) is 2.58. The molecule has 0 aromatic rings. The molecule has 0 amide bonds. The van der Waals surface area contributed by atoms with Gasteiger partial charge in [0.15, 0.2) is 0 Å². The number of rotatable bonds is 7. The lowest BCUT2D eigenvalue weighted by molar-refractivity contribution is -0.0792. The van der Waals surface area contributed by atoms with E-state index >= 15 is 0 Å². The van der Waals surface area contributed by atoms with E-state index in [-0.39, 0.29) is 0 Å². The zero-order valence-electron chi connectivity index (χ0n) is 12.0. The van der Waals surface area contributed by atoms with Gasteiger partial charge in [0.2, 0.25) is 0 Å². The Hall–Kier alpha value is -0.120. The first-order valence-corrected chi connectivity index (χ1v) is 7.23. The van der Waals surface area contributed by atoms with E-state index in [0.29, 0.717) is 18.2 Å². The molecule has 1 aliphatic heterocycles. The van der Waals surface area contributed by atoms with Crippen LogP contribution in [0.1, 0.15) is 47.0 Å². The molecular weight excluding hydrogens is 212 g/mol. The van der Waals surface area contributed by atoms with Gasteiger partial charge in [-0.3, -0.25) is 4.90 Å². The molecule has 1 fully saturated rings. The second-order valence-corrected chi connectivity index (χ2v) is 5.45. The van der Waals surface area contributed by atoms with Crippen LogP contribution in [0.3, 0.4) is 0 Å². The molecule has 0 spiro atoms. The lowest BCUT2D eigenvalue weighted by Gasteiger charge is -2.39. The largest absolute Gasteiger partial charge is 0.373 e. The van der Waals surface area contributed by atoms with Gasteiger partial charge in [-0.25, -0.2) is 0 Å². The zero-order chi connectivity index (χ0) is 12.7. The van der Waals surface area contributed by atoms with Gasteiger partial charge in [0.25, 0.3) is 0 Å². The van der Waals surface area contributed by atoms with Crippen molar-refractivity contribution in [3.05, 3.63) is 0 Å². The predicted octanol–water partition coefficient (Wildman–Crippen LogP) is 2.26. The molecule has 0 saturated carbocycles. The standard InChI is InChI=1S/C14H30N2O/c1-5-8-15-9-6-7-12(2)16-10-13(3)17-14(4)11-16/h12-15H,5-11H2,1-4H3. The molecule has 1 heterocycles. The predicted molar refractivity (Wildman–Crippen MR) is 73.4 cm³/mol. The van der Waals surface area contributed by atoms with Crippen LogP contribution >= 0.6 is 0 Å². The summed E-state index contributed by atoms with van der Waals surface area (Å²) in [6.45, 7) is 13.4. The van der Waals surface area contributed by atoms with Crippen molar-refractivity contribution < 1.29 is 4.74 Å². The molecule has 0 radical (unpaired) electrons. The summed E-state index contributed by atoms with van der Waals surface area (Å²) < 4.78 is 5.77. The van der Waals surface area contributed by atoms with E-state index in [2.05, 4.69) is 37.9 Å². The molecule has 0 aliphatic carbocycles. The Kier molecular flexibility index (Phi) is 7.09. The average Bonchev–Trinajstić information content (AvgIpc) is 2.27. The van der Waals surface area contributed by atoms with Gasteiger partial charge in [0.05, 0.1) is 12.2 Å². The van der Waals surface area contributed by atoms with Crippen molar-refractivity contribution in [3.63, 3.8) is 0 Å². The van der Waals surface area contributed by atoms with Crippen LogP contribution in [0.5, 0.6) is 0 Å². The third-order valence-electron chi connectivity index (χ3n) is 3.47. The molecule has 1 saturated heterocycles. The van der Waals surface area contributed by atoms with Crippen LogP contribution in [0, 0.1) is 0 Å². The minimum atomic E-state index is 0.388. The second-order valence-electron chi connectivity index (χ2n) is 5.45. The molecule has 17 heavy (non-hydrogen) atoms. The molecule has 3 unspecified atom stereocenters. The van der Waals surface area contributed by atoms with Crippen LogP contribution in [-0.2, 0) is 4.74 Å². The van der Waals surface area contributed by atoms with Gasteiger partial charge < -0.3 is 10.1 Å². The monoisotopic (exact) mass is 242 g/mol. The second kappa shape index (κ2) is 8.06. The van der Waals surface area contributed by atoms with Crippen molar-refractivity contribution in [2.24, 2.45) is 0 Å². The molecule has 102 valence electrons. The molecule has 1 aliphatic rings. The summed E-state index contributed by atoms with van der Waals surface area (Å²) >= 11 is 0. The quantitative estimate of drug-likeness (QED) is 0.693. The average molecular weight is 242 g/mol. The van der Waals surface area contributed by atoms with E-state index in [4.69, 9.17) is 4.74 Å². The van der Waals surface area contributed by atoms with E-state index in [1.165, 1.54) is 19.3 Å². The summed E-state index contributed by atoms with van der Waals surface area (Å²) in [6.07, 6.45) is 4.57. The molecule has 0 bridgehead atoms. The number of hydrogen-bond acceptors (Lipinski definition) is 3. The van der Waals surface area contributed by atoms with Gasteiger partial charge in [0.1, 0.15) is 0 Å². The number of hydrogen-bond donors (Lipinski definition) is 1. The minimum Gasteiger partial charge on any atom is -0.373 e. The molecule has 3 atom stereocenters. The first kappa shape index (κ1) is 14.9. The van der Waals surface area contributed by atoms with Gasteiger partial charge in [-0.1, -0.05) is 6.92 Å². The summed E-state index contributed by atoms with van der Waals surface area (Å²) in [5.74, 6) is 0. The maximum absolute atomic E-state index is 5.77. The number of morpholine rings is 1. The topological polar surface area (TPSA) is 24.5 Å². The molecular formula is C14H30N2O. The fourth-order valence-corrected chi connectivity index (χ4v) is 2.58. The van der Waals surface area contributed by atoms with Crippen molar-refractivity contribution in [2.75, 3.05) is 26.2 Å². The van der Waals surface area contributed by atoms with Crippen LogP contribution in [-0.4, -0.2) is 49.3 Å². The van der Waals surface area contributed by atoms with Crippen molar-refractivity contribution in [1.29, 1.82) is 0 Å². The molecule has 3 heteroatoms. The fraction of sp³-hybridized carbons (Fsp3) is 1.00. The van der Waals surface area contributed by atoms with Crippen LogP contribution in [0.4, 0.5) is 0 Å². The molecule has 1 N–H and O–H groups in total. The third-order valence-corrected chi connectivity index (χ3v) is 3.47. The number of nitrogens with one attached hydrogen (secondary N) is 1. The van der Waals surface area contributed by atoms with Crippen LogP contribution in [0.25, 0.3) is 0 Å². The van der Waals surface area contributed by atoms with Crippen LogP contribution < -0.4 is 5.32 Å². The van der Waals surface area contributed by atoms with E-state index in [1.54, 1.807) is 0 Å². The Labute approximate surface area is 107 Å². The van der Waals surface area contributed by atoms with E-state index in [1.807, 2.05) is 0 Å². The molecule has 3 nitrogen and oxygen atoms in total. The normalized spacial score (nSPS) is 28.2. The lowest BCUT2D eigenvalue weighted by atomic mass is 10.1. The SMILES string of the molecule is CCCNCCCC(C)N1CC(C)OC(C)C1. The highest BCUT2D eigenvalue weighted by Gasteiger charge is 2.25. The van der Waals surface area contributed by atoms with Crippen molar-refractivity contribution >= 4 is 0 Å². The Morgan fingerprint density at radius 1 is 1.24 bits per heavy atom. The summed E-state index contributed by atoms with van der Waals surface area (Å²) in [5, 5.41) is 3.47. The van der Waals surface area contributed by atoms with Gasteiger partial charge in [-0.2, -0.15) is 0 Å². The number of ether oxygens (including phenoxy) is 1. The summed E-state index contributed by atoms with van der Waals surface area (Å²) in [6, 6.07) is 0.687. The van der Waals surface area contributed by atoms with Gasteiger partial charge in [0, 0.05) is 19.1 Å². The Morgan fingerprint density at radius 2 is 1.88 bits per heavy atom. The van der Waals surface area contributed by atoms with E-state index in [9.17, 15) is 0 Å². The maximum Gasteiger partial charge on any atom is 0.0678 e. The number of nitrogens with zero attached hydrogens (tertiary/aromatic N) is 1. The first-order chi connectivity index (χ1) is 8.13. The lowest BCUT2D eigenvalue weighted by Crippen LogP contribution is -2.49. The summed E-state index contributed by atoms with van der Waals surface area (Å²) in [5.41, 5.74) is 0. The Bertz CT molecular complexity index is 189. The zero-order valence-corrected chi connectivity index (χ0v) is 12.0. The van der Waals surface area contributed by atoms with Gasteiger partial charge >= 0.3 is 0 Å². The van der Waals surface area contributed by atoms with Crippen LogP contribution in [0.15, 0.2) is 0 Å². The van der Waals surface area contributed by atoms with Gasteiger partial charge in [-0.15, -0.1) is 0 Å². The fourth-order valence-electron chi connectivity index (χ4n) is 2.58. The maximum atomic E-state index is 5.77. The third kappa shape index (κ3) is 5.84. The van der Waals surface area contributed by atoms with E-state index in [0.717, 1.165) is 26.2 Å². The molecule has 0 aromatic heterocycles. The smallest absolute Gasteiger partial charge is 0.0678 e.